The van der Waals surface area contributed by atoms with Crippen LogP contribution < -0.4 is 4.74 Å². The predicted octanol–water partition coefficient (Wildman–Crippen LogP) is 6.84. The number of hydrogen-bond donors (Lipinski definition) is 0. The molecule has 0 spiro atoms. The minimum absolute atomic E-state index is 0.657. The molecular weight excluding hydrogens is 371 g/mol. The van der Waals surface area contributed by atoms with Crippen LogP contribution in [0, 0.1) is 9.49 Å². The molecule has 0 heterocycles. The third-order valence-corrected chi connectivity index (χ3v) is 4.62. The Morgan fingerprint density at radius 2 is 1.48 bits per heavy atom. The average molecular weight is 402 g/mol. The minimum Gasteiger partial charge on any atom is -0.493 e. The van der Waals surface area contributed by atoms with E-state index in [1.165, 1.54) is 61.4 Å². The Hall–Kier alpha value is -0.250. The molecule has 0 saturated heterocycles. The van der Waals surface area contributed by atoms with Crippen LogP contribution in [0.4, 0.5) is 0 Å². The van der Waals surface area contributed by atoms with E-state index in [0.29, 0.717) is 5.92 Å². The Labute approximate surface area is 145 Å². The first kappa shape index (κ1) is 18.8. The van der Waals surface area contributed by atoms with Gasteiger partial charge in [-0.05, 0) is 59.2 Å². The Balaban J connectivity index is 1.96. The lowest BCUT2D eigenvalue weighted by molar-refractivity contribution is 0.248. The summed E-state index contributed by atoms with van der Waals surface area (Å²) in [5.74, 6) is 1.66. The number of unbranched alkanes of at least 4 members (excludes halogenated alkanes) is 7. The van der Waals surface area contributed by atoms with E-state index in [2.05, 4.69) is 60.7 Å². The van der Waals surface area contributed by atoms with E-state index in [9.17, 15) is 0 Å². The van der Waals surface area contributed by atoms with E-state index < -0.39 is 0 Å². The molecule has 1 rings (SSSR count). The summed E-state index contributed by atoms with van der Waals surface area (Å²) < 4.78 is 7.10. The number of benzene rings is 1. The second-order valence-electron chi connectivity index (χ2n) is 6.13. The van der Waals surface area contributed by atoms with Gasteiger partial charge in [-0.15, -0.1) is 0 Å². The van der Waals surface area contributed by atoms with Gasteiger partial charge in [0.25, 0.3) is 0 Å². The molecule has 0 radical (unpaired) electrons. The van der Waals surface area contributed by atoms with Crippen molar-refractivity contribution in [3.8, 4) is 5.75 Å². The highest BCUT2D eigenvalue weighted by atomic mass is 127. The fourth-order valence-electron chi connectivity index (χ4n) is 2.48. The molecule has 1 nitrogen and oxygen atoms in total. The second-order valence-corrected chi connectivity index (χ2v) is 7.38. The Morgan fingerprint density at radius 1 is 0.905 bits per heavy atom. The summed E-state index contributed by atoms with van der Waals surface area (Å²) in [6, 6.07) is 8.31. The highest BCUT2D eigenvalue weighted by Crippen LogP contribution is 2.17. The van der Waals surface area contributed by atoms with E-state index in [-0.39, 0.29) is 0 Å². The van der Waals surface area contributed by atoms with Crippen LogP contribution in [0.2, 0.25) is 0 Å². The molecule has 1 unspecified atom stereocenters. The number of hydrogen-bond acceptors (Lipinski definition) is 1. The maximum atomic E-state index is 5.84. The maximum Gasteiger partial charge on any atom is 0.119 e. The van der Waals surface area contributed by atoms with Crippen molar-refractivity contribution in [2.45, 2.75) is 71.6 Å². The predicted molar refractivity (Wildman–Crippen MR) is 101 cm³/mol. The van der Waals surface area contributed by atoms with Gasteiger partial charge in [-0.2, -0.15) is 0 Å². The van der Waals surface area contributed by atoms with Crippen LogP contribution in [0.3, 0.4) is 0 Å². The Kier molecular flexibility index (Phi) is 11.0. The zero-order valence-electron chi connectivity index (χ0n) is 13.7. The summed E-state index contributed by atoms with van der Waals surface area (Å²) in [5, 5.41) is 0. The lowest BCUT2D eigenvalue weighted by atomic mass is 10.0. The zero-order chi connectivity index (χ0) is 15.3. The van der Waals surface area contributed by atoms with Gasteiger partial charge in [0.2, 0.25) is 0 Å². The van der Waals surface area contributed by atoms with Gasteiger partial charge >= 0.3 is 0 Å². The molecular formula is C19H31IO. The molecule has 0 fully saturated rings. The van der Waals surface area contributed by atoms with Crippen LogP contribution in [-0.2, 0) is 0 Å². The summed E-state index contributed by atoms with van der Waals surface area (Å²) in [6.45, 7) is 5.42. The SMILES string of the molecule is CCCCCCCCCCC(C)COc1ccc(I)cc1. The van der Waals surface area contributed by atoms with Crippen LogP contribution in [0.25, 0.3) is 0 Å². The molecule has 1 aromatic rings. The number of rotatable bonds is 12. The van der Waals surface area contributed by atoms with Crippen LogP contribution in [0.5, 0.6) is 5.75 Å². The van der Waals surface area contributed by atoms with Gasteiger partial charge in [0.15, 0.2) is 0 Å². The first-order valence-electron chi connectivity index (χ1n) is 8.60. The van der Waals surface area contributed by atoms with E-state index in [1.807, 2.05) is 0 Å². The molecule has 0 aromatic heterocycles. The van der Waals surface area contributed by atoms with Gasteiger partial charge in [-0.3, -0.25) is 0 Å². The normalized spacial score (nSPS) is 12.3. The van der Waals surface area contributed by atoms with Crippen molar-refractivity contribution in [3.05, 3.63) is 27.8 Å². The summed E-state index contributed by atoms with van der Waals surface area (Å²) in [7, 11) is 0. The quantitative estimate of drug-likeness (QED) is 0.275. The second kappa shape index (κ2) is 12.3. The van der Waals surface area contributed by atoms with Gasteiger partial charge in [0, 0.05) is 3.57 Å². The molecule has 0 aliphatic heterocycles. The molecule has 0 aliphatic rings. The Morgan fingerprint density at radius 3 is 2.10 bits per heavy atom. The zero-order valence-corrected chi connectivity index (χ0v) is 15.9. The third-order valence-electron chi connectivity index (χ3n) is 3.90. The van der Waals surface area contributed by atoms with Crippen LogP contribution in [0.1, 0.15) is 71.6 Å². The van der Waals surface area contributed by atoms with E-state index in [0.717, 1.165) is 12.4 Å². The molecule has 0 amide bonds. The van der Waals surface area contributed by atoms with Gasteiger partial charge in [-0.25, -0.2) is 0 Å². The molecule has 0 bridgehead atoms. The van der Waals surface area contributed by atoms with Crippen molar-refractivity contribution in [2.24, 2.45) is 5.92 Å². The summed E-state index contributed by atoms with van der Waals surface area (Å²) in [4.78, 5) is 0. The van der Waals surface area contributed by atoms with E-state index >= 15 is 0 Å². The average Bonchev–Trinajstić information content (AvgIpc) is 2.49. The lowest BCUT2D eigenvalue weighted by Gasteiger charge is -2.13. The summed E-state index contributed by atoms with van der Waals surface area (Å²) in [6.07, 6.45) is 12.5. The molecule has 120 valence electrons. The first-order chi connectivity index (χ1) is 10.2. The van der Waals surface area contributed by atoms with E-state index in [4.69, 9.17) is 4.74 Å². The van der Waals surface area contributed by atoms with Gasteiger partial charge in [0.05, 0.1) is 6.61 Å². The van der Waals surface area contributed by atoms with Crippen LogP contribution in [-0.4, -0.2) is 6.61 Å². The number of halogens is 1. The van der Waals surface area contributed by atoms with Crippen molar-refractivity contribution < 1.29 is 4.74 Å². The van der Waals surface area contributed by atoms with Gasteiger partial charge in [0.1, 0.15) is 5.75 Å². The molecule has 0 aliphatic carbocycles. The largest absolute Gasteiger partial charge is 0.493 e. The fourth-order valence-corrected chi connectivity index (χ4v) is 2.84. The standard InChI is InChI=1S/C19H31IO/c1-3-4-5-6-7-8-9-10-11-17(2)16-21-19-14-12-18(20)13-15-19/h12-15,17H,3-11,16H2,1-2H3. The molecule has 2 heteroatoms. The topological polar surface area (TPSA) is 9.23 Å². The van der Waals surface area contributed by atoms with E-state index in [1.54, 1.807) is 0 Å². The van der Waals surface area contributed by atoms with Crippen molar-refractivity contribution >= 4 is 22.6 Å². The van der Waals surface area contributed by atoms with Crippen molar-refractivity contribution in [2.75, 3.05) is 6.61 Å². The van der Waals surface area contributed by atoms with Crippen molar-refractivity contribution in [3.63, 3.8) is 0 Å². The fraction of sp³-hybridized carbons (Fsp3) is 0.684. The highest BCUT2D eigenvalue weighted by Gasteiger charge is 2.03. The molecule has 1 atom stereocenters. The molecule has 21 heavy (non-hydrogen) atoms. The third kappa shape index (κ3) is 10.2. The lowest BCUT2D eigenvalue weighted by Crippen LogP contribution is -2.08. The van der Waals surface area contributed by atoms with Crippen molar-refractivity contribution in [1.82, 2.24) is 0 Å². The Bertz CT molecular complexity index is 347. The van der Waals surface area contributed by atoms with Gasteiger partial charge < -0.3 is 4.74 Å². The molecule has 0 N–H and O–H groups in total. The van der Waals surface area contributed by atoms with Crippen molar-refractivity contribution in [1.29, 1.82) is 0 Å². The highest BCUT2D eigenvalue weighted by molar-refractivity contribution is 14.1. The summed E-state index contributed by atoms with van der Waals surface area (Å²) in [5.41, 5.74) is 0. The smallest absolute Gasteiger partial charge is 0.119 e. The minimum atomic E-state index is 0.657. The van der Waals surface area contributed by atoms with Gasteiger partial charge in [-0.1, -0.05) is 65.2 Å². The molecule has 0 saturated carbocycles. The van der Waals surface area contributed by atoms with Crippen LogP contribution in [0.15, 0.2) is 24.3 Å². The summed E-state index contributed by atoms with van der Waals surface area (Å²) >= 11 is 2.32. The molecule has 1 aromatic carbocycles. The van der Waals surface area contributed by atoms with Crippen LogP contribution >= 0.6 is 22.6 Å². The number of ether oxygens (including phenoxy) is 1. The monoisotopic (exact) mass is 402 g/mol. The first-order valence-corrected chi connectivity index (χ1v) is 9.68. The maximum absolute atomic E-state index is 5.84.